The van der Waals surface area contributed by atoms with Crippen molar-refractivity contribution in [2.45, 2.75) is 59.5 Å². The normalized spacial score (nSPS) is 16.7. The summed E-state index contributed by atoms with van der Waals surface area (Å²) in [5.41, 5.74) is 1.94. The molecule has 1 aromatic heterocycles. The predicted molar refractivity (Wildman–Crippen MR) is 140 cm³/mol. The van der Waals surface area contributed by atoms with Gasteiger partial charge in [0.2, 0.25) is 0 Å². The van der Waals surface area contributed by atoms with Crippen molar-refractivity contribution in [3.63, 3.8) is 0 Å². The van der Waals surface area contributed by atoms with E-state index in [0.29, 0.717) is 22.3 Å². The third-order valence-electron chi connectivity index (χ3n) is 6.24. The fourth-order valence-electron chi connectivity index (χ4n) is 4.53. The monoisotopic (exact) mass is 472 g/mol. The fourth-order valence-corrected chi connectivity index (χ4v) is 4.53. The summed E-state index contributed by atoms with van der Waals surface area (Å²) in [6.45, 7) is 9.98. The average molecular weight is 473 g/mol. The number of carbonyl (C=O) groups is 1. The molecule has 0 aliphatic carbocycles. The van der Waals surface area contributed by atoms with E-state index in [1.807, 2.05) is 63.3 Å². The summed E-state index contributed by atoms with van der Waals surface area (Å²) in [4.78, 5) is 25.9. The highest BCUT2D eigenvalue weighted by Crippen LogP contribution is 2.49. The summed E-state index contributed by atoms with van der Waals surface area (Å²) < 4.78 is 12.2. The molecule has 0 radical (unpaired) electrons. The zero-order chi connectivity index (χ0) is 25.3. The minimum atomic E-state index is -0.633. The Morgan fingerprint density at radius 2 is 1.89 bits per heavy atom. The summed E-state index contributed by atoms with van der Waals surface area (Å²) in [5, 5.41) is 11.8. The minimum absolute atomic E-state index is 0.0312. The first-order valence-electron chi connectivity index (χ1n) is 12.1. The van der Waals surface area contributed by atoms with E-state index in [0.717, 1.165) is 18.4 Å². The largest absolute Gasteiger partial charge is 0.506 e. The molecular formula is C30H32O5. The first-order valence-corrected chi connectivity index (χ1v) is 12.1. The van der Waals surface area contributed by atoms with Crippen molar-refractivity contribution in [2.24, 2.45) is 5.92 Å². The molecule has 0 fully saturated rings. The number of carbonyl (C=O) groups excluding carboxylic acids is 1. The molecule has 4 rings (SSSR count). The van der Waals surface area contributed by atoms with Crippen LogP contribution >= 0.6 is 0 Å². The fraction of sp³-hybridized carbons (Fsp3) is 0.333. The number of rotatable bonds is 7. The molecule has 0 spiro atoms. The standard InChI is InChI=1S/C30H32O5/c1-18(2)10-9-14-30(5)15-13-21-27(33)26(23(31)16-19(3)4)29-25(28(21)35-30)22(17-24(32)34-29)20-11-7-6-8-12-20/h6-8,10-13,15,17,19,33H,9,14,16H2,1-5H3/t30-/m0/s1. The van der Waals surface area contributed by atoms with E-state index in [2.05, 4.69) is 19.9 Å². The number of allylic oxidation sites excluding steroid dienone is 2. The molecule has 0 unspecified atom stereocenters. The lowest BCUT2D eigenvalue weighted by Gasteiger charge is -2.33. The van der Waals surface area contributed by atoms with Crippen molar-refractivity contribution in [3.05, 3.63) is 75.7 Å². The van der Waals surface area contributed by atoms with Gasteiger partial charge >= 0.3 is 5.63 Å². The van der Waals surface area contributed by atoms with E-state index >= 15 is 0 Å². The molecular weight excluding hydrogens is 440 g/mol. The van der Waals surface area contributed by atoms with Crippen LogP contribution < -0.4 is 10.4 Å². The Morgan fingerprint density at radius 3 is 2.54 bits per heavy atom. The highest BCUT2D eigenvalue weighted by Gasteiger charge is 2.34. The average Bonchev–Trinajstić information content (AvgIpc) is 2.78. The Labute approximate surface area is 205 Å². The topological polar surface area (TPSA) is 76.7 Å². The van der Waals surface area contributed by atoms with Crippen LogP contribution in [-0.2, 0) is 0 Å². The second kappa shape index (κ2) is 9.57. The lowest BCUT2D eigenvalue weighted by molar-refractivity contribution is 0.0965. The van der Waals surface area contributed by atoms with E-state index in [1.165, 1.54) is 11.6 Å². The Kier molecular flexibility index (Phi) is 6.70. The molecule has 0 saturated carbocycles. The van der Waals surface area contributed by atoms with Gasteiger partial charge < -0.3 is 14.3 Å². The summed E-state index contributed by atoms with van der Waals surface area (Å²) in [6, 6.07) is 10.9. The molecule has 1 N–H and O–H groups in total. The summed E-state index contributed by atoms with van der Waals surface area (Å²) in [6.07, 6.45) is 7.68. The SMILES string of the molecule is CC(C)=CCC[C@@]1(C)C=Cc2c(O)c(C(=O)CC(C)C)c3oc(=O)cc(-c4ccccc4)c3c2O1. The molecule has 35 heavy (non-hydrogen) atoms. The van der Waals surface area contributed by atoms with Gasteiger partial charge in [-0.25, -0.2) is 4.79 Å². The summed E-state index contributed by atoms with van der Waals surface area (Å²) in [7, 11) is 0. The third kappa shape index (κ3) is 4.95. The van der Waals surface area contributed by atoms with Crippen LogP contribution in [0.3, 0.4) is 0 Å². The zero-order valence-electron chi connectivity index (χ0n) is 21.0. The van der Waals surface area contributed by atoms with Crippen LogP contribution in [-0.4, -0.2) is 16.5 Å². The number of aromatic hydroxyl groups is 1. The van der Waals surface area contributed by atoms with E-state index < -0.39 is 11.2 Å². The van der Waals surface area contributed by atoms with Gasteiger partial charge in [0.25, 0.3) is 0 Å². The number of fused-ring (bicyclic) bond motifs is 3. The van der Waals surface area contributed by atoms with Gasteiger partial charge in [-0.05, 0) is 57.2 Å². The van der Waals surface area contributed by atoms with Crippen LogP contribution in [0.25, 0.3) is 28.2 Å². The lowest BCUT2D eigenvalue weighted by Crippen LogP contribution is -2.32. The molecule has 0 amide bonds. The smallest absolute Gasteiger partial charge is 0.336 e. The van der Waals surface area contributed by atoms with Gasteiger partial charge in [-0.1, -0.05) is 55.8 Å². The maximum atomic E-state index is 13.3. The Balaban J connectivity index is 2.02. The molecule has 1 atom stereocenters. The number of ketones is 1. The molecule has 0 saturated heterocycles. The van der Waals surface area contributed by atoms with Crippen molar-refractivity contribution >= 4 is 22.8 Å². The highest BCUT2D eigenvalue weighted by molar-refractivity contribution is 6.15. The van der Waals surface area contributed by atoms with Crippen molar-refractivity contribution in [1.29, 1.82) is 0 Å². The number of phenolic OH excluding ortho intramolecular Hbond substituents is 1. The van der Waals surface area contributed by atoms with Crippen LogP contribution in [0.4, 0.5) is 0 Å². The Bertz CT molecular complexity index is 1390. The number of benzene rings is 2. The van der Waals surface area contributed by atoms with Crippen molar-refractivity contribution in [2.75, 3.05) is 0 Å². The van der Waals surface area contributed by atoms with Crippen LogP contribution in [0, 0.1) is 5.92 Å². The molecule has 2 heterocycles. The van der Waals surface area contributed by atoms with Crippen molar-refractivity contribution < 1.29 is 19.1 Å². The third-order valence-corrected chi connectivity index (χ3v) is 6.24. The number of phenols is 1. The second-order valence-electron chi connectivity index (χ2n) is 10.1. The number of hydrogen-bond donors (Lipinski definition) is 1. The van der Waals surface area contributed by atoms with Crippen LogP contribution in [0.5, 0.6) is 11.5 Å². The molecule has 3 aromatic rings. The van der Waals surface area contributed by atoms with Crippen molar-refractivity contribution in [3.8, 4) is 22.6 Å². The van der Waals surface area contributed by atoms with Gasteiger partial charge in [-0.15, -0.1) is 0 Å². The zero-order valence-corrected chi connectivity index (χ0v) is 21.0. The van der Waals surface area contributed by atoms with E-state index in [4.69, 9.17) is 9.15 Å². The molecule has 5 nitrogen and oxygen atoms in total. The highest BCUT2D eigenvalue weighted by atomic mass is 16.5. The maximum absolute atomic E-state index is 13.3. The van der Waals surface area contributed by atoms with Gasteiger partial charge in [0.05, 0.1) is 10.9 Å². The maximum Gasteiger partial charge on any atom is 0.336 e. The second-order valence-corrected chi connectivity index (χ2v) is 10.1. The molecule has 182 valence electrons. The molecule has 1 aliphatic rings. The van der Waals surface area contributed by atoms with Gasteiger partial charge in [-0.2, -0.15) is 0 Å². The predicted octanol–water partition coefficient (Wildman–Crippen LogP) is 7.31. The van der Waals surface area contributed by atoms with E-state index in [1.54, 1.807) is 0 Å². The molecule has 5 heteroatoms. The molecule has 2 aromatic carbocycles. The summed E-state index contributed by atoms with van der Waals surface area (Å²) >= 11 is 0. The van der Waals surface area contributed by atoms with Gasteiger partial charge in [-0.3, -0.25) is 4.79 Å². The van der Waals surface area contributed by atoms with Gasteiger partial charge in [0.1, 0.15) is 22.7 Å². The van der Waals surface area contributed by atoms with Gasteiger partial charge in [0.15, 0.2) is 11.4 Å². The molecule has 0 bridgehead atoms. The number of ether oxygens (including phenoxy) is 1. The first kappa shape index (κ1) is 24.5. The minimum Gasteiger partial charge on any atom is -0.506 e. The summed E-state index contributed by atoms with van der Waals surface area (Å²) in [5.74, 6) is 0.00337. The Hall–Kier alpha value is -3.60. The molecule has 1 aliphatic heterocycles. The quantitative estimate of drug-likeness (QED) is 0.222. The van der Waals surface area contributed by atoms with Crippen LogP contribution in [0.1, 0.15) is 69.8 Å². The van der Waals surface area contributed by atoms with E-state index in [9.17, 15) is 14.7 Å². The number of hydrogen-bond acceptors (Lipinski definition) is 5. The lowest BCUT2D eigenvalue weighted by atomic mass is 9.88. The van der Waals surface area contributed by atoms with Gasteiger partial charge in [0, 0.05) is 18.1 Å². The first-order chi connectivity index (χ1) is 16.6. The van der Waals surface area contributed by atoms with Crippen LogP contribution in [0.15, 0.2) is 63.3 Å². The van der Waals surface area contributed by atoms with Crippen LogP contribution in [0.2, 0.25) is 0 Å². The Morgan fingerprint density at radius 1 is 1.17 bits per heavy atom. The van der Waals surface area contributed by atoms with E-state index in [-0.39, 0.29) is 35.0 Å². The van der Waals surface area contributed by atoms with Crippen molar-refractivity contribution in [1.82, 2.24) is 0 Å². The number of Topliss-reactive ketones (excluding diaryl/α,β-unsaturated/α-hetero) is 1.